The lowest BCUT2D eigenvalue weighted by molar-refractivity contribution is -0.125. The van der Waals surface area contributed by atoms with Gasteiger partial charge in [0.1, 0.15) is 0 Å². The fourth-order valence-electron chi connectivity index (χ4n) is 3.42. The van der Waals surface area contributed by atoms with Gasteiger partial charge in [-0.1, -0.05) is 42.5 Å². The van der Waals surface area contributed by atoms with E-state index in [-0.39, 0.29) is 24.7 Å². The van der Waals surface area contributed by atoms with E-state index >= 15 is 0 Å². The largest absolute Gasteiger partial charge is 0.356 e. The first-order chi connectivity index (χ1) is 14.1. The average molecular weight is 412 g/mol. The molecule has 0 saturated heterocycles. The first-order valence-corrected chi connectivity index (χ1v) is 11.1. The first kappa shape index (κ1) is 21.4. The van der Waals surface area contributed by atoms with Crippen molar-refractivity contribution in [3.63, 3.8) is 0 Å². The summed E-state index contributed by atoms with van der Waals surface area (Å²) < 4.78 is 0. The number of hydrogen-bond donors (Lipinski definition) is 1. The molecule has 1 heterocycles. The molecule has 1 aliphatic rings. The van der Waals surface area contributed by atoms with E-state index in [9.17, 15) is 9.59 Å². The number of hydrogen-bond acceptors (Lipinski definition) is 4. The zero-order valence-corrected chi connectivity index (χ0v) is 17.8. The maximum Gasteiger partial charge on any atom is 0.227 e. The molecule has 154 valence electrons. The van der Waals surface area contributed by atoms with E-state index in [1.165, 1.54) is 5.56 Å². The second-order valence-electron chi connectivity index (χ2n) is 7.29. The van der Waals surface area contributed by atoms with Gasteiger partial charge in [0.15, 0.2) is 0 Å². The van der Waals surface area contributed by atoms with Gasteiger partial charge >= 0.3 is 0 Å². The average Bonchev–Trinajstić information content (AvgIpc) is 2.75. The van der Waals surface area contributed by atoms with Gasteiger partial charge in [-0.15, -0.1) is 11.8 Å². The number of nitrogens with one attached hydrogen (secondary N) is 1. The highest BCUT2D eigenvalue weighted by molar-refractivity contribution is 7.99. The van der Waals surface area contributed by atoms with Crippen LogP contribution in [0, 0.1) is 0 Å². The van der Waals surface area contributed by atoms with Gasteiger partial charge in [0, 0.05) is 43.1 Å². The number of carbonyl (C=O) groups is 2. The molecule has 0 aromatic heterocycles. The zero-order valence-electron chi connectivity index (χ0n) is 17.0. The van der Waals surface area contributed by atoms with Crippen molar-refractivity contribution >= 4 is 29.3 Å². The molecule has 3 rings (SSSR count). The molecule has 29 heavy (non-hydrogen) atoms. The van der Waals surface area contributed by atoms with Crippen LogP contribution in [0.2, 0.25) is 0 Å². The lowest BCUT2D eigenvalue weighted by Crippen LogP contribution is -2.36. The quantitative estimate of drug-likeness (QED) is 0.641. The van der Waals surface area contributed by atoms with Crippen LogP contribution in [0.4, 0.5) is 5.69 Å². The molecule has 0 unspecified atom stereocenters. The summed E-state index contributed by atoms with van der Waals surface area (Å²) in [5.41, 5.74) is 2.26. The molecule has 6 heteroatoms. The Bertz CT molecular complexity index is 813. The van der Waals surface area contributed by atoms with E-state index < -0.39 is 0 Å². The summed E-state index contributed by atoms with van der Waals surface area (Å²) in [5.74, 6) is 0.866. The topological polar surface area (TPSA) is 52.7 Å². The Morgan fingerprint density at radius 3 is 2.66 bits per heavy atom. The molecule has 5 nitrogen and oxygen atoms in total. The molecule has 1 N–H and O–H groups in total. The summed E-state index contributed by atoms with van der Waals surface area (Å²) in [5, 5.41) is 2.94. The molecule has 0 atom stereocenters. The van der Waals surface area contributed by atoms with E-state index in [0.717, 1.165) is 35.8 Å². The molecule has 0 spiro atoms. The van der Waals surface area contributed by atoms with Crippen LogP contribution in [0.15, 0.2) is 59.5 Å². The highest BCUT2D eigenvalue weighted by Gasteiger charge is 2.22. The minimum Gasteiger partial charge on any atom is -0.356 e. The van der Waals surface area contributed by atoms with Crippen LogP contribution in [0.25, 0.3) is 0 Å². The summed E-state index contributed by atoms with van der Waals surface area (Å²) >= 11 is 1.77. The van der Waals surface area contributed by atoms with Crippen LogP contribution in [0.3, 0.4) is 0 Å². The summed E-state index contributed by atoms with van der Waals surface area (Å²) in [6.45, 7) is 3.15. The normalized spacial score (nSPS) is 13.2. The van der Waals surface area contributed by atoms with Gasteiger partial charge in [0.25, 0.3) is 0 Å². The van der Waals surface area contributed by atoms with Crippen LogP contribution in [0.5, 0.6) is 0 Å². The van der Waals surface area contributed by atoms with Crippen LogP contribution in [-0.2, 0) is 16.1 Å². The predicted molar refractivity (Wildman–Crippen MR) is 119 cm³/mol. The van der Waals surface area contributed by atoms with Crippen molar-refractivity contribution in [1.29, 1.82) is 0 Å². The van der Waals surface area contributed by atoms with Gasteiger partial charge in [-0.25, -0.2) is 0 Å². The number of fused-ring (bicyclic) bond motifs is 1. The lowest BCUT2D eigenvalue weighted by Gasteiger charge is -2.29. The highest BCUT2D eigenvalue weighted by Crippen LogP contribution is 2.34. The van der Waals surface area contributed by atoms with Gasteiger partial charge in [-0.2, -0.15) is 0 Å². The molecule has 0 fully saturated rings. The van der Waals surface area contributed by atoms with E-state index in [4.69, 9.17) is 0 Å². The van der Waals surface area contributed by atoms with Crippen LogP contribution < -0.4 is 10.2 Å². The molecular formula is C23H29N3O2S. The van der Waals surface area contributed by atoms with Crippen molar-refractivity contribution in [2.75, 3.05) is 37.3 Å². The number of rotatable bonds is 9. The second kappa shape index (κ2) is 11.0. The molecule has 0 radical (unpaired) electrons. The standard InChI is InChI=1S/C23H29N3O2S/c1-25(18-19-8-3-2-4-9-19)15-7-14-24-22(27)12-13-23(28)26-16-17-29-21-11-6-5-10-20(21)26/h2-6,8-11H,7,12-18H2,1H3,(H,24,27). The molecule has 2 aromatic carbocycles. The molecule has 0 saturated carbocycles. The van der Waals surface area contributed by atoms with Gasteiger partial charge < -0.3 is 15.1 Å². The fraction of sp³-hybridized carbons (Fsp3) is 0.391. The summed E-state index contributed by atoms with van der Waals surface area (Å²) in [4.78, 5) is 29.9. The van der Waals surface area contributed by atoms with Crippen molar-refractivity contribution in [3.05, 3.63) is 60.2 Å². The molecular weight excluding hydrogens is 382 g/mol. The Morgan fingerprint density at radius 1 is 1.07 bits per heavy atom. The van der Waals surface area contributed by atoms with Crippen molar-refractivity contribution < 1.29 is 9.59 Å². The van der Waals surface area contributed by atoms with E-state index in [0.29, 0.717) is 13.1 Å². The first-order valence-electron chi connectivity index (χ1n) is 10.1. The lowest BCUT2D eigenvalue weighted by atomic mass is 10.2. The molecule has 2 amide bonds. The number of thioether (sulfide) groups is 1. The van der Waals surface area contributed by atoms with Crippen molar-refractivity contribution in [2.45, 2.75) is 30.7 Å². The van der Waals surface area contributed by atoms with Crippen LogP contribution in [-0.4, -0.2) is 49.1 Å². The number of para-hydroxylation sites is 1. The predicted octanol–water partition coefficient (Wildman–Crippen LogP) is 3.54. The number of nitrogens with zero attached hydrogens (tertiary/aromatic N) is 2. The third-order valence-corrected chi connectivity index (χ3v) is 5.97. The van der Waals surface area contributed by atoms with Gasteiger partial charge in [-0.05, 0) is 37.7 Å². The molecule has 0 aliphatic carbocycles. The van der Waals surface area contributed by atoms with Crippen molar-refractivity contribution in [3.8, 4) is 0 Å². The maximum atomic E-state index is 12.6. The Balaban J connectivity index is 1.33. The SMILES string of the molecule is CN(CCCNC(=O)CCC(=O)N1CCSc2ccccc21)Cc1ccccc1. The number of benzene rings is 2. The molecule has 2 aromatic rings. The maximum absolute atomic E-state index is 12.6. The molecule has 0 bridgehead atoms. The summed E-state index contributed by atoms with van der Waals surface area (Å²) in [7, 11) is 2.09. The van der Waals surface area contributed by atoms with Crippen LogP contribution >= 0.6 is 11.8 Å². The third-order valence-electron chi connectivity index (χ3n) is 4.93. The second-order valence-corrected chi connectivity index (χ2v) is 8.43. The van der Waals surface area contributed by atoms with Crippen molar-refractivity contribution in [1.82, 2.24) is 10.2 Å². The number of anilines is 1. The fourth-order valence-corrected chi connectivity index (χ4v) is 4.42. The van der Waals surface area contributed by atoms with E-state index in [2.05, 4.69) is 29.4 Å². The Morgan fingerprint density at radius 2 is 1.83 bits per heavy atom. The zero-order chi connectivity index (χ0) is 20.5. The Labute approximate surface area is 177 Å². The van der Waals surface area contributed by atoms with Gasteiger partial charge in [0.2, 0.25) is 11.8 Å². The highest BCUT2D eigenvalue weighted by atomic mass is 32.2. The summed E-state index contributed by atoms with van der Waals surface area (Å²) in [6, 6.07) is 18.3. The minimum absolute atomic E-state index is 0.0236. The molecule has 1 aliphatic heterocycles. The third kappa shape index (κ3) is 6.61. The van der Waals surface area contributed by atoms with Crippen LogP contribution in [0.1, 0.15) is 24.8 Å². The van der Waals surface area contributed by atoms with Gasteiger partial charge in [-0.3, -0.25) is 9.59 Å². The van der Waals surface area contributed by atoms with E-state index in [1.807, 2.05) is 47.4 Å². The summed E-state index contributed by atoms with van der Waals surface area (Å²) in [6.07, 6.45) is 1.38. The smallest absolute Gasteiger partial charge is 0.227 e. The monoisotopic (exact) mass is 411 g/mol. The van der Waals surface area contributed by atoms with Crippen molar-refractivity contribution in [2.24, 2.45) is 0 Å². The number of amides is 2. The Kier molecular flexibility index (Phi) is 8.14. The van der Waals surface area contributed by atoms with E-state index in [1.54, 1.807) is 11.8 Å². The minimum atomic E-state index is -0.0521. The number of carbonyl (C=O) groups excluding carboxylic acids is 2. The Hall–Kier alpha value is -2.31. The van der Waals surface area contributed by atoms with Gasteiger partial charge in [0.05, 0.1) is 5.69 Å².